The van der Waals surface area contributed by atoms with Crippen LogP contribution in [0.4, 0.5) is 5.69 Å². The molecule has 0 saturated carbocycles. The van der Waals surface area contributed by atoms with Gasteiger partial charge in [-0.15, -0.1) is 0 Å². The molecule has 3 aromatic rings. The zero-order chi connectivity index (χ0) is 22.3. The Morgan fingerprint density at radius 1 is 1.06 bits per heavy atom. The largest absolute Gasteiger partial charge is 0.393 e. The van der Waals surface area contributed by atoms with Crippen LogP contribution in [0.15, 0.2) is 60.9 Å². The summed E-state index contributed by atoms with van der Waals surface area (Å²) in [5.74, 6) is 3.65. The number of benzene rings is 2. The summed E-state index contributed by atoms with van der Waals surface area (Å²) in [6.07, 6.45) is 2.66. The van der Waals surface area contributed by atoms with Gasteiger partial charge in [0.2, 0.25) is 0 Å². The van der Waals surface area contributed by atoms with Crippen LogP contribution in [0.3, 0.4) is 0 Å². The third-order valence-electron chi connectivity index (χ3n) is 5.39. The summed E-state index contributed by atoms with van der Waals surface area (Å²) in [5.41, 5.74) is 4.45. The Morgan fingerprint density at radius 2 is 1.72 bits per heavy atom. The van der Waals surface area contributed by atoms with Gasteiger partial charge in [-0.2, -0.15) is 0 Å². The lowest BCUT2D eigenvalue weighted by Gasteiger charge is -2.28. The molecular formula is C25H27N3O3S. The molecule has 2 atom stereocenters. The molecule has 1 aromatic heterocycles. The third-order valence-corrected chi connectivity index (χ3v) is 6.26. The van der Waals surface area contributed by atoms with Crippen molar-refractivity contribution >= 4 is 17.4 Å². The van der Waals surface area contributed by atoms with Crippen molar-refractivity contribution in [3.05, 3.63) is 72.3 Å². The van der Waals surface area contributed by atoms with E-state index in [-0.39, 0.29) is 12.0 Å². The number of nitrogens with zero attached hydrogens (tertiary/aromatic N) is 3. The van der Waals surface area contributed by atoms with E-state index in [1.54, 1.807) is 23.9 Å². The molecule has 0 bridgehead atoms. The van der Waals surface area contributed by atoms with Gasteiger partial charge in [-0.05, 0) is 59.3 Å². The topological polar surface area (TPSA) is 70.8 Å². The Morgan fingerprint density at radius 3 is 2.34 bits per heavy atom. The highest BCUT2D eigenvalue weighted by molar-refractivity contribution is 8.03. The fraction of sp³-hybridized carbons (Fsp3) is 0.320. The van der Waals surface area contributed by atoms with E-state index in [1.165, 1.54) is 23.0 Å². The second kappa shape index (κ2) is 10.7. The van der Waals surface area contributed by atoms with Gasteiger partial charge in [0.1, 0.15) is 17.3 Å². The third kappa shape index (κ3) is 5.34. The molecule has 2 heterocycles. The monoisotopic (exact) mass is 449 g/mol. The number of hydrogen-bond donors (Lipinski definition) is 2. The number of anilines is 1. The van der Waals surface area contributed by atoms with E-state index in [4.69, 9.17) is 4.74 Å². The maximum atomic E-state index is 9.83. The van der Waals surface area contributed by atoms with Crippen LogP contribution in [-0.2, 0) is 4.74 Å². The molecule has 0 aliphatic carbocycles. The number of morpholine rings is 1. The lowest BCUT2D eigenvalue weighted by Crippen LogP contribution is -2.36. The number of imidazole rings is 1. The van der Waals surface area contributed by atoms with Crippen molar-refractivity contribution in [1.29, 1.82) is 0 Å². The fourth-order valence-corrected chi connectivity index (χ4v) is 4.34. The maximum absolute atomic E-state index is 9.83. The standard InChI is InChI=1S/C25H27N3O3S/c1-19(30)25-26-11-12-28(25)24(18-29)32-17-10-20-2-4-21(5-3-20)22-6-8-23(9-7-22)27-13-15-31-16-14-27/h2-9,11-12,19,24,29-30H,13-16,18H2,1H3/t19-,24-/m0/s1. The van der Waals surface area contributed by atoms with E-state index < -0.39 is 6.10 Å². The minimum atomic E-state index is -0.705. The van der Waals surface area contributed by atoms with Crippen molar-refractivity contribution in [2.45, 2.75) is 18.4 Å². The van der Waals surface area contributed by atoms with E-state index in [9.17, 15) is 10.2 Å². The van der Waals surface area contributed by atoms with Gasteiger partial charge < -0.3 is 24.4 Å². The second-order valence-electron chi connectivity index (χ2n) is 7.57. The Bertz CT molecular complexity index is 1060. The normalized spacial score (nSPS) is 15.7. The van der Waals surface area contributed by atoms with Gasteiger partial charge in [0.15, 0.2) is 0 Å². The number of aliphatic hydroxyl groups excluding tert-OH is 2. The van der Waals surface area contributed by atoms with Crippen LogP contribution >= 0.6 is 11.8 Å². The van der Waals surface area contributed by atoms with E-state index in [2.05, 4.69) is 57.5 Å². The van der Waals surface area contributed by atoms with E-state index in [1.807, 2.05) is 12.1 Å². The molecule has 1 aliphatic heterocycles. The number of thioether (sulfide) groups is 1. The van der Waals surface area contributed by atoms with Crippen molar-refractivity contribution in [3.8, 4) is 22.3 Å². The number of ether oxygens (including phenoxy) is 1. The lowest BCUT2D eigenvalue weighted by atomic mass is 10.0. The molecule has 2 aromatic carbocycles. The van der Waals surface area contributed by atoms with Crippen LogP contribution in [-0.4, -0.2) is 52.7 Å². The molecule has 4 rings (SSSR count). The van der Waals surface area contributed by atoms with Crippen molar-refractivity contribution in [3.63, 3.8) is 0 Å². The van der Waals surface area contributed by atoms with Gasteiger partial charge in [0.05, 0.1) is 19.8 Å². The molecule has 6 nitrogen and oxygen atoms in total. The fourth-order valence-electron chi connectivity index (χ4n) is 3.66. The molecule has 32 heavy (non-hydrogen) atoms. The average Bonchev–Trinajstić information content (AvgIpc) is 3.33. The predicted molar refractivity (Wildman–Crippen MR) is 128 cm³/mol. The number of aliphatic hydroxyl groups is 2. The molecule has 7 heteroatoms. The number of aromatic nitrogens is 2. The molecule has 0 spiro atoms. The summed E-state index contributed by atoms with van der Waals surface area (Å²) >= 11 is 1.31. The number of rotatable bonds is 6. The summed E-state index contributed by atoms with van der Waals surface area (Å²) < 4.78 is 7.18. The van der Waals surface area contributed by atoms with Crippen molar-refractivity contribution in [1.82, 2.24) is 9.55 Å². The van der Waals surface area contributed by atoms with Crippen LogP contribution in [0.2, 0.25) is 0 Å². The summed E-state index contributed by atoms with van der Waals surface area (Å²) in [5, 5.41) is 22.3. The minimum Gasteiger partial charge on any atom is -0.393 e. The number of hydrogen-bond acceptors (Lipinski definition) is 6. The van der Waals surface area contributed by atoms with Crippen LogP contribution in [0.1, 0.15) is 29.8 Å². The highest BCUT2D eigenvalue weighted by Crippen LogP contribution is 2.26. The molecule has 1 saturated heterocycles. The quantitative estimate of drug-likeness (QED) is 0.560. The predicted octanol–water partition coefficient (Wildman–Crippen LogP) is 3.67. The summed E-state index contributed by atoms with van der Waals surface area (Å²) in [7, 11) is 0. The average molecular weight is 450 g/mol. The molecule has 1 aliphatic rings. The Kier molecular flexibility index (Phi) is 7.51. The van der Waals surface area contributed by atoms with E-state index in [0.717, 1.165) is 37.4 Å². The van der Waals surface area contributed by atoms with Crippen LogP contribution in [0.5, 0.6) is 0 Å². The van der Waals surface area contributed by atoms with Gasteiger partial charge in [-0.3, -0.25) is 0 Å². The summed E-state index contributed by atoms with van der Waals surface area (Å²) in [6.45, 7) is 4.99. The minimum absolute atomic E-state index is 0.102. The molecule has 2 N–H and O–H groups in total. The summed E-state index contributed by atoms with van der Waals surface area (Å²) in [6, 6.07) is 16.8. The van der Waals surface area contributed by atoms with Crippen LogP contribution in [0.25, 0.3) is 11.1 Å². The van der Waals surface area contributed by atoms with E-state index in [0.29, 0.717) is 5.82 Å². The molecule has 0 radical (unpaired) electrons. The van der Waals surface area contributed by atoms with Crippen LogP contribution < -0.4 is 4.90 Å². The lowest BCUT2D eigenvalue weighted by molar-refractivity contribution is 0.122. The van der Waals surface area contributed by atoms with Crippen molar-refractivity contribution in [2.75, 3.05) is 37.8 Å². The van der Waals surface area contributed by atoms with Gasteiger partial charge in [0.25, 0.3) is 0 Å². The molecule has 1 fully saturated rings. The highest BCUT2D eigenvalue weighted by atomic mass is 32.2. The Labute approximate surface area is 192 Å². The highest BCUT2D eigenvalue weighted by Gasteiger charge is 2.16. The first kappa shape index (κ1) is 22.4. The zero-order valence-corrected chi connectivity index (χ0v) is 18.8. The summed E-state index contributed by atoms with van der Waals surface area (Å²) in [4.78, 5) is 6.50. The van der Waals surface area contributed by atoms with Gasteiger partial charge in [-0.1, -0.05) is 30.2 Å². The Hall–Kier alpha value is -2.76. The van der Waals surface area contributed by atoms with Gasteiger partial charge in [0, 0.05) is 36.7 Å². The smallest absolute Gasteiger partial charge is 0.138 e. The first-order valence-corrected chi connectivity index (χ1v) is 11.5. The SMILES string of the molecule is C[C@H](O)c1nccn1[C@H](CO)SC#Cc1ccc(-c2ccc(N3CCOCC3)cc2)cc1. The first-order valence-electron chi connectivity index (χ1n) is 10.7. The molecule has 0 unspecified atom stereocenters. The second-order valence-corrected chi connectivity index (χ2v) is 8.56. The van der Waals surface area contributed by atoms with Crippen molar-refractivity contribution in [2.24, 2.45) is 0 Å². The van der Waals surface area contributed by atoms with Gasteiger partial charge >= 0.3 is 0 Å². The maximum Gasteiger partial charge on any atom is 0.138 e. The molecular weight excluding hydrogens is 422 g/mol. The first-order chi connectivity index (χ1) is 15.7. The van der Waals surface area contributed by atoms with Crippen LogP contribution in [0, 0.1) is 11.2 Å². The van der Waals surface area contributed by atoms with E-state index >= 15 is 0 Å². The Balaban J connectivity index is 1.40. The molecule has 0 amide bonds. The zero-order valence-electron chi connectivity index (χ0n) is 18.0. The van der Waals surface area contributed by atoms with Crippen molar-refractivity contribution < 1.29 is 14.9 Å². The molecule has 166 valence electrons. The van der Waals surface area contributed by atoms with Gasteiger partial charge in [-0.25, -0.2) is 4.98 Å².